The zero-order chi connectivity index (χ0) is 23.1. The molecule has 0 spiro atoms. The molecule has 1 aromatic heterocycles. The Kier molecular flexibility index (Phi) is 8.03. The lowest BCUT2D eigenvalue weighted by Crippen LogP contribution is -2.30. The summed E-state index contributed by atoms with van der Waals surface area (Å²) in [6, 6.07) is 12.2. The van der Waals surface area contributed by atoms with Gasteiger partial charge in [0.05, 0.1) is 21.4 Å². The molecule has 0 atom stereocenters. The van der Waals surface area contributed by atoms with Crippen LogP contribution in [-0.2, 0) is 11.4 Å². The van der Waals surface area contributed by atoms with Crippen molar-refractivity contribution < 1.29 is 14.3 Å². The molecule has 32 heavy (non-hydrogen) atoms. The molecule has 0 radical (unpaired) electrons. The van der Waals surface area contributed by atoms with Crippen LogP contribution < -0.4 is 15.4 Å². The van der Waals surface area contributed by atoms with E-state index in [2.05, 4.69) is 15.6 Å². The number of carbonyl (C=O) groups is 2. The van der Waals surface area contributed by atoms with Crippen molar-refractivity contribution in [1.29, 1.82) is 0 Å². The Morgan fingerprint density at radius 1 is 1.19 bits per heavy atom. The van der Waals surface area contributed by atoms with Gasteiger partial charge in [0.1, 0.15) is 12.4 Å². The van der Waals surface area contributed by atoms with Crippen molar-refractivity contribution in [3.8, 4) is 5.75 Å². The molecule has 1 heterocycles. The van der Waals surface area contributed by atoms with Crippen LogP contribution in [0.4, 0.5) is 5.69 Å². The highest BCUT2D eigenvalue weighted by Gasteiger charge is 2.11. The Balaban J connectivity index is 1.57. The molecule has 0 saturated heterocycles. The summed E-state index contributed by atoms with van der Waals surface area (Å²) in [7, 11) is 0. The number of anilines is 1. The minimum atomic E-state index is -0.354. The maximum Gasteiger partial charge on any atom is 0.251 e. The molecular weight excluding hydrogens is 446 g/mol. The summed E-state index contributed by atoms with van der Waals surface area (Å²) in [5, 5.41) is 8.86. The number of benzene rings is 2. The maximum absolute atomic E-state index is 12.3. The van der Waals surface area contributed by atoms with Gasteiger partial charge in [0.15, 0.2) is 0 Å². The summed E-state index contributed by atoms with van der Waals surface area (Å²) in [6.07, 6.45) is 3.09. The van der Waals surface area contributed by atoms with Crippen LogP contribution in [0.3, 0.4) is 0 Å². The van der Waals surface area contributed by atoms with Gasteiger partial charge in [0, 0.05) is 23.1 Å². The Morgan fingerprint density at radius 2 is 1.94 bits per heavy atom. The minimum Gasteiger partial charge on any atom is -0.487 e. The minimum absolute atomic E-state index is 0.00689. The third-order valence-corrected chi connectivity index (χ3v) is 5.42. The number of hydrogen-bond donors (Lipinski definition) is 2. The van der Waals surface area contributed by atoms with Crippen molar-refractivity contribution in [2.24, 2.45) is 0 Å². The van der Waals surface area contributed by atoms with E-state index in [1.165, 1.54) is 6.08 Å². The fourth-order valence-corrected chi connectivity index (χ4v) is 3.52. The van der Waals surface area contributed by atoms with Crippen LogP contribution in [0.2, 0.25) is 5.02 Å². The Hall–Kier alpha value is -3.16. The summed E-state index contributed by atoms with van der Waals surface area (Å²) in [5.41, 5.74) is 2.54. The highest BCUT2D eigenvalue weighted by molar-refractivity contribution is 7.09. The van der Waals surface area contributed by atoms with E-state index in [0.717, 1.165) is 22.0 Å². The summed E-state index contributed by atoms with van der Waals surface area (Å²) < 4.78 is 5.73. The number of nitrogens with zero attached hydrogens (tertiary/aromatic N) is 1. The van der Waals surface area contributed by atoms with E-state index >= 15 is 0 Å². The molecule has 2 amide bonds. The number of hydrogen-bond acceptors (Lipinski definition) is 5. The molecule has 2 N–H and O–H groups in total. The lowest BCUT2D eigenvalue weighted by atomic mass is 10.1. The van der Waals surface area contributed by atoms with E-state index in [0.29, 0.717) is 22.9 Å². The molecule has 0 unspecified atom stereocenters. The molecule has 8 heteroatoms. The van der Waals surface area contributed by atoms with Gasteiger partial charge >= 0.3 is 0 Å². The predicted octanol–water partition coefficient (Wildman–Crippen LogP) is 5.47. The van der Waals surface area contributed by atoms with Gasteiger partial charge in [-0.25, -0.2) is 4.98 Å². The van der Waals surface area contributed by atoms with E-state index in [9.17, 15) is 9.59 Å². The average Bonchev–Trinajstić information content (AvgIpc) is 3.17. The molecule has 3 aromatic rings. The van der Waals surface area contributed by atoms with Crippen LogP contribution >= 0.6 is 22.9 Å². The summed E-state index contributed by atoms with van der Waals surface area (Å²) >= 11 is 7.76. The van der Waals surface area contributed by atoms with Crippen LogP contribution in [0.25, 0.3) is 6.08 Å². The number of thiazole rings is 1. The van der Waals surface area contributed by atoms with E-state index < -0.39 is 0 Å². The van der Waals surface area contributed by atoms with Gasteiger partial charge < -0.3 is 15.4 Å². The fraction of sp³-hybridized carbons (Fsp3) is 0.208. The number of aromatic nitrogens is 1. The van der Waals surface area contributed by atoms with Crippen molar-refractivity contribution in [3.63, 3.8) is 0 Å². The summed E-state index contributed by atoms with van der Waals surface area (Å²) in [6.45, 7) is 6.13. The van der Waals surface area contributed by atoms with Crippen LogP contribution in [0.1, 0.15) is 40.5 Å². The SMILES string of the molecule is Cc1nc(COc2ccc(/C=C/C(=O)Nc3cc(C(=O)NC(C)C)ccc3Cl)cc2)cs1. The lowest BCUT2D eigenvalue weighted by molar-refractivity contribution is -0.111. The maximum atomic E-state index is 12.3. The van der Waals surface area contributed by atoms with Crippen LogP contribution in [0.5, 0.6) is 5.75 Å². The van der Waals surface area contributed by atoms with Gasteiger partial charge in [-0.2, -0.15) is 0 Å². The quantitative estimate of drug-likeness (QED) is 0.428. The van der Waals surface area contributed by atoms with Crippen molar-refractivity contribution in [3.05, 3.63) is 80.8 Å². The molecule has 6 nitrogen and oxygen atoms in total. The first-order chi connectivity index (χ1) is 15.3. The molecule has 2 aromatic carbocycles. The van der Waals surface area contributed by atoms with Crippen molar-refractivity contribution in [2.45, 2.75) is 33.4 Å². The van der Waals surface area contributed by atoms with Crippen molar-refractivity contribution in [2.75, 3.05) is 5.32 Å². The van der Waals surface area contributed by atoms with Gasteiger partial charge in [-0.3, -0.25) is 9.59 Å². The highest BCUT2D eigenvalue weighted by atomic mass is 35.5. The number of ether oxygens (including phenoxy) is 1. The van der Waals surface area contributed by atoms with Gasteiger partial charge in [-0.15, -0.1) is 11.3 Å². The molecule has 0 fully saturated rings. The van der Waals surface area contributed by atoms with Crippen molar-refractivity contribution >= 4 is 46.5 Å². The number of rotatable bonds is 8. The van der Waals surface area contributed by atoms with Crippen LogP contribution in [0, 0.1) is 6.92 Å². The normalized spacial score (nSPS) is 11.0. The number of nitrogens with one attached hydrogen (secondary N) is 2. The van der Waals surface area contributed by atoms with Gasteiger partial charge in [0.25, 0.3) is 5.91 Å². The Bertz CT molecular complexity index is 1120. The topological polar surface area (TPSA) is 80.3 Å². The molecule has 0 aliphatic heterocycles. The second kappa shape index (κ2) is 10.9. The van der Waals surface area contributed by atoms with Crippen molar-refractivity contribution in [1.82, 2.24) is 10.3 Å². The smallest absolute Gasteiger partial charge is 0.251 e. The molecule has 3 rings (SSSR count). The largest absolute Gasteiger partial charge is 0.487 e. The van der Waals surface area contributed by atoms with Gasteiger partial charge in [0.2, 0.25) is 5.91 Å². The summed E-state index contributed by atoms with van der Waals surface area (Å²) in [4.78, 5) is 28.9. The van der Waals surface area contributed by atoms with E-state index in [-0.39, 0.29) is 17.9 Å². The van der Waals surface area contributed by atoms with Gasteiger partial charge in [-0.1, -0.05) is 23.7 Å². The number of carbonyl (C=O) groups excluding carboxylic acids is 2. The Morgan fingerprint density at radius 3 is 2.59 bits per heavy atom. The van der Waals surface area contributed by atoms with E-state index in [4.69, 9.17) is 16.3 Å². The van der Waals surface area contributed by atoms with Gasteiger partial charge in [-0.05, 0) is 62.7 Å². The van der Waals surface area contributed by atoms with Crippen LogP contribution in [-0.4, -0.2) is 22.8 Å². The monoisotopic (exact) mass is 469 g/mol. The van der Waals surface area contributed by atoms with Crippen LogP contribution in [0.15, 0.2) is 53.9 Å². The average molecular weight is 470 g/mol. The molecule has 0 bridgehead atoms. The Labute approximate surface area is 196 Å². The fourth-order valence-electron chi connectivity index (χ4n) is 2.76. The second-order valence-corrected chi connectivity index (χ2v) is 8.83. The standard InChI is InChI=1S/C24H24ClN3O3S/c1-15(2)26-24(30)18-7-10-21(25)22(12-18)28-23(29)11-6-17-4-8-20(9-5-17)31-13-19-14-32-16(3)27-19/h4-12,14-15H,13H2,1-3H3,(H,26,30)(H,28,29)/b11-6+. The number of amides is 2. The molecule has 0 saturated carbocycles. The third kappa shape index (κ3) is 6.93. The number of halogens is 1. The van der Waals surface area contributed by atoms with E-state index in [1.807, 2.05) is 50.4 Å². The van der Waals surface area contributed by atoms with E-state index in [1.54, 1.807) is 35.6 Å². The summed E-state index contributed by atoms with van der Waals surface area (Å²) in [5.74, 6) is 0.142. The zero-order valence-corrected chi connectivity index (χ0v) is 19.6. The first-order valence-electron chi connectivity index (χ1n) is 10.0. The second-order valence-electron chi connectivity index (χ2n) is 7.36. The molecule has 0 aliphatic rings. The first-order valence-corrected chi connectivity index (χ1v) is 11.3. The molecular formula is C24H24ClN3O3S. The zero-order valence-electron chi connectivity index (χ0n) is 18.0. The highest BCUT2D eigenvalue weighted by Crippen LogP contribution is 2.23. The number of aryl methyl sites for hydroxylation is 1. The third-order valence-electron chi connectivity index (χ3n) is 4.27. The lowest BCUT2D eigenvalue weighted by Gasteiger charge is -2.11. The molecule has 166 valence electrons. The predicted molar refractivity (Wildman–Crippen MR) is 129 cm³/mol. The molecule has 0 aliphatic carbocycles. The first kappa shape index (κ1) is 23.5.